The molecule has 122 valence electrons. The van der Waals surface area contributed by atoms with Crippen LogP contribution in [0.25, 0.3) is 11.0 Å². The number of imidazole rings is 1. The third-order valence-electron chi connectivity index (χ3n) is 3.50. The highest BCUT2D eigenvalue weighted by Crippen LogP contribution is 2.19. The van der Waals surface area contributed by atoms with Crippen molar-refractivity contribution in [3.05, 3.63) is 63.9 Å². The van der Waals surface area contributed by atoms with Crippen LogP contribution in [0.15, 0.2) is 47.6 Å². The Morgan fingerprint density at radius 1 is 1.29 bits per heavy atom. The van der Waals surface area contributed by atoms with Gasteiger partial charge in [0, 0.05) is 10.6 Å². The molecule has 0 saturated heterocycles. The second-order valence-electron chi connectivity index (χ2n) is 5.19. The normalized spacial score (nSPS) is 11.3. The van der Waals surface area contributed by atoms with Crippen LogP contribution in [-0.2, 0) is 11.3 Å². The number of carbonyl (C=O) groups is 1. The summed E-state index contributed by atoms with van der Waals surface area (Å²) < 4.78 is 1.84. The minimum Gasteiger partial charge on any atom is -0.319 e. The van der Waals surface area contributed by atoms with Gasteiger partial charge in [-0.1, -0.05) is 41.4 Å². The highest BCUT2D eigenvalue weighted by Gasteiger charge is 2.10. The summed E-state index contributed by atoms with van der Waals surface area (Å²) in [5.74, 6) is 0.527. The number of hydrazone groups is 1. The third-order valence-corrected chi connectivity index (χ3v) is 4.06. The number of para-hydroxylation sites is 2. The molecule has 3 aromatic rings. The van der Waals surface area contributed by atoms with Crippen molar-refractivity contribution in [2.24, 2.45) is 5.10 Å². The lowest BCUT2D eigenvalue weighted by Gasteiger charge is -2.05. The summed E-state index contributed by atoms with van der Waals surface area (Å²) in [7, 11) is 0. The van der Waals surface area contributed by atoms with E-state index in [0.29, 0.717) is 15.6 Å². The van der Waals surface area contributed by atoms with Gasteiger partial charge in [-0.2, -0.15) is 5.10 Å². The molecule has 0 spiro atoms. The van der Waals surface area contributed by atoms with Crippen LogP contribution in [0.2, 0.25) is 10.0 Å². The van der Waals surface area contributed by atoms with E-state index >= 15 is 0 Å². The highest BCUT2D eigenvalue weighted by molar-refractivity contribution is 6.36. The summed E-state index contributed by atoms with van der Waals surface area (Å²) in [6.45, 7) is 2.00. The molecule has 24 heavy (non-hydrogen) atoms. The molecule has 2 aromatic carbocycles. The zero-order valence-electron chi connectivity index (χ0n) is 12.8. The maximum absolute atomic E-state index is 12.1. The number of halogens is 2. The van der Waals surface area contributed by atoms with Crippen molar-refractivity contribution in [3.63, 3.8) is 0 Å². The standard InChI is InChI=1S/C17H14Cl2N4O/c1-11-21-15-4-2-3-5-16(15)23(11)10-17(24)22-20-9-12-6-7-13(18)8-14(12)19/h2-9H,10H2,1H3,(H,22,24). The second-order valence-corrected chi connectivity index (χ2v) is 6.04. The summed E-state index contributed by atoms with van der Waals surface area (Å²) in [5, 5.41) is 4.95. The van der Waals surface area contributed by atoms with Gasteiger partial charge in [-0.05, 0) is 31.2 Å². The number of aryl methyl sites for hydroxylation is 1. The predicted molar refractivity (Wildman–Crippen MR) is 96.7 cm³/mol. The van der Waals surface area contributed by atoms with Crippen LogP contribution < -0.4 is 5.43 Å². The fourth-order valence-electron chi connectivity index (χ4n) is 2.35. The van der Waals surface area contributed by atoms with Gasteiger partial charge < -0.3 is 4.57 Å². The van der Waals surface area contributed by atoms with Crippen LogP contribution in [-0.4, -0.2) is 21.7 Å². The third kappa shape index (κ3) is 3.58. The molecule has 0 aliphatic carbocycles. The Kier molecular flexibility index (Phi) is 4.83. The van der Waals surface area contributed by atoms with Gasteiger partial charge in [-0.3, -0.25) is 4.79 Å². The van der Waals surface area contributed by atoms with Crippen molar-refractivity contribution < 1.29 is 4.79 Å². The molecule has 7 heteroatoms. The van der Waals surface area contributed by atoms with E-state index in [1.807, 2.05) is 35.8 Å². The van der Waals surface area contributed by atoms with Gasteiger partial charge in [0.25, 0.3) is 5.91 Å². The number of fused-ring (bicyclic) bond motifs is 1. The number of hydrogen-bond acceptors (Lipinski definition) is 3. The molecule has 1 N–H and O–H groups in total. The number of nitrogens with one attached hydrogen (secondary N) is 1. The Balaban J connectivity index is 1.69. The summed E-state index contributed by atoms with van der Waals surface area (Å²) >= 11 is 11.9. The lowest BCUT2D eigenvalue weighted by Crippen LogP contribution is -2.23. The molecular weight excluding hydrogens is 347 g/mol. The first-order valence-electron chi connectivity index (χ1n) is 7.23. The molecule has 5 nitrogen and oxygen atoms in total. The fraction of sp³-hybridized carbons (Fsp3) is 0.118. The maximum atomic E-state index is 12.1. The van der Waals surface area contributed by atoms with Gasteiger partial charge >= 0.3 is 0 Å². The van der Waals surface area contributed by atoms with Crippen molar-refractivity contribution in [1.29, 1.82) is 0 Å². The molecule has 0 aliphatic rings. The quantitative estimate of drug-likeness (QED) is 0.568. The van der Waals surface area contributed by atoms with Crippen molar-refractivity contribution >= 4 is 46.4 Å². The van der Waals surface area contributed by atoms with Crippen molar-refractivity contribution in [3.8, 4) is 0 Å². The number of carbonyl (C=O) groups excluding carboxylic acids is 1. The van der Waals surface area contributed by atoms with E-state index in [1.165, 1.54) is 6.21 Å². The van der Waals surface area contributed by atoms with Gasteiger partial charge in [-0.25, -0.2) is 10.4 Å². The lowest BCUT2D eigenvalue weighted by molar-refractivity contribution is -0.121. The molecule has 3 rings (SSSR count). The van der Waals surface area contributed by atoms with Crippen LogP contribution in [0.4, 0.5) is 0 Å². The predicted octanol–water partition coefficient (Wildman–Crippen LogP) is 3.80. The van der Waals surface area contributed by atoms with E-state index in [2.05, 4.69) is 15.5 Å². The molecule has 0 unspecified atom stereocenters. The Labute approximate surface area is 148 Å². The summed E-state index contributed by atoms with van der Waals surface area (Å²) in [4.78, 5) is 16.5. The van der Waals surface area contributed by atoms with E-state index in [9.17, 15) is 4.79 Å². The summed E-state index contributed by atoms with van der Waals surface area (Å²) in [5.41, 5.74) is 4.94. The number of benzene rings is 2. The van der Waals surface area contributed by atoms with Crippen molar-refractivity contribution in [1.82, 2.24) is 15.0 Å². The van der Waals surface area contributed by atoms with E-state index in [1.54, 1.807) is 18.2 Å². The Bertz CT molecular complexity index is 933. The van der Waals surface area contributed by atoms with Crippen LogP contribution in [0.1, 0.15) is 11.4 Å². The molecule has 0 saturated carbocycles. The minimum atomic E-state index is -0.248. The average Bonchev–Trinajstić information content (AvgIpc) is 2.85. The van der Waals surface area contributed by atoms with Gasteiger partial charge in [0.1, 0.15) is 12.4 Å². The molecule has 0 radical (unpaired) electrons. The van der Waals surface area contributed by atoms with E-state index in [-0.39, 0.29) is 12.5 Å². The number of amides is 1. The van der Waals surface area contributed by atoms with Crippen LogP contribution in [0.3, 0.4) is 0 Å². The maximum Gasteiger partial charge on any atom is 0.260 e. The smallest absolute Gasteiger partial charge is 0.260 e. The van der Waals surface area contributed by atoms with Crippen LogP contribution in [0, 0.1) is 6.92 Å². The minimum absolute atomic E-state index is 0.137. The number of aromatic nitrogens is 2. The molecule has 0 fully saturated rings. The monoisotopic (exact) mass is 360 g/mol. The van der Waals surface area contributed by atoms with Crippen molar-refractivity contribution in [2.75, 3.05) is 0 Å². The van der Waals surface area contributed by atoms with Gasteiger partial charge in [0.2, 0.25) is 0 Å². The van der Waals surface area contributed by atoms with E-state index < -0.39 is 0 Å². The Morgan fingerprint density at radius 2 is 2.08 bits per heavy atom. The molecule has 0 bridgehead atoms. The molecule has 0 atom stereocenters. The average molecular weight is 361 g/mol. The molecule has 0 aliphatic heterocycles. The van der Waals surface area contributed by atoms with Gasteiger partial charge in [0.15, 0.2) is 0 Å². The van der Waals surface area contributed by atoms with E-state index in [0.717, 1.165) is 16.9 Å². The Hall–Kier alpha value is -2.37. The lowest BCUT2D eigenvalue weighted by atomic mass is 10.2. The molecule has 1 amide bonds. The second kappa shape index (κ2) is 7.03. The zero-order chi connectivity index (χ0) is 17.1. The number of hydrogen-bond donors (Lipinski definition) is 1. The molecular formula is C17H14Cl2N4O. The van der Waals surface area contributed by atoms with E-state index in [4.69, 9.17) is 23.2 Å². The molecule has 1 aromatic heterocycles. The summed E-state index contributed by atoms with van der Waals surface area (Å²) in [6.07, 6.45) is 1.48. The summed E-state index contributed by atoms with van der Waals surface area (Å²) in [6, 6.07) is 12.7. The highest BCUT2D eigenvalue weighted by atomic mass is 35.5. The first kappa shape index (κ1) is 16.5. The van der Waals surface area contributed by atoms with Crippen molar-refractivity contribution in [2.45, 2.75) is 13.5 Å². The number of nitrogens with zero attached hydrogens (tertiary/aromatic N) is 3. The zero-order valence-corrected chi connectivity index (χ0v) is 14.3. The largest absolute Gasteiger partial charge is 0.319 e. The van der Waals surface area contributed by atoms with Crippen LogP contribution >= 0.6 is 23.2 Å². The topological polar surface area (TPSA) is 59.3 Å². The number of rotatable bonds is 4. The van der Waals surface area contributed by atoms with Gasteiger partial charge in [-0.15, -0.1) is 0 Å². The first-order valence-corrected chi connectivity index (χ1v) is 7.99. The Morgan fingerprint density at radius 3 is 2.88 bits per heavy atom. The van der Waals surface area contributed by atoms with Crippen LogP contribution in [0.5, 0.6) is 0 Å². The van der Waals surface area contributed by atoms with Gasteiger partial charge in [0.05, 0.1) is 22.3 Å². The fourth-order valence-corrected chi connectivity index (χ4v) is 2.81. The molecule has 1 heterocycles. The SMILES string of the molecule is Cc1nc2ccccc2n1CC(=O)NN=Cc1ccc(Cl)cc1Cl. The first-order chi connectivity index (χ1) is 11.5.